The third-order valence-corrected chi connectivity index (χ3v) is 4.35. The molecule has 0 saturated heterocycles. The number of nitrogens with one attached hydrogen (secondary N) is 1. The molecule has 0 fully saturated rings. The number of rotatable bonds is 5. The second-order valence-electron chi connectivity index (χ2n) is 7.25. The molecule has 1 aliphatic heterocycles. The van der Waals surface area contributed by atoms with E-state index in [0.29, 0.717) is 11.3 Å². The third kappa shape index (κ3) is 4.43. The average molecular weight is 379 g/mol. The number of benzene rings is 2. The number of phenolic OH excluding ortho intramolecular Hbond substituents is 2. The van der Waals surface area contributed by atoms with Gasteiger partial charge in [0.15, 0.2) is 11.5 Å². The lowest BCUT2D eigenvalue weighted by molar-refractivity contribution is -0.137. The first kappa shape index (κ1) is 19.3. The highest BCUT2D eigenvalue weighted by Crippen LogP contribution is 2.28. The second-order valence-corrected chi connectivity index (χ2v) is 7.25. The lowest BCUT2D eigenvalue weighted by Gasteiger charge is -2.28. The van der Waals surface area contributed by atoms with Gasteiger partial charge in [0.25, 0.3) is 0 Å². The monoisotopic (exact) mass is 379 g/mol. The molecule has 2 aromatic carbocycles. The standard InChI is InChI=1S/C21H21N3O4/c1-21(2)11-14-5-3-4-6-15(14)16(23-21)10-19(27)20(28)24-22-12-13-7-8-17(25)18(26)9-13/h3-9,12,25-26H,10-11H2,1-2H3,(H,24,28)/b22-12+. The number of amides is 1. The van der Waals surface area contributed by atoms with Crippen LogP contribution in [0, 0.1) is 0 Å². The van der Waals surface area contributed by atoms with Crippen LogP contribution < -0.4 is 5.43 Å². The first-order valence-corrected chi connectivity index (χ1v) is 8.80. The van der Waals surface area contributed by atoms with Gasteiger partial charge in [-0.15, -0.1) is 0 Å². The van der Waals surface area contributed by atoms with Crippen molar-refractivity contribution < 1.29 is 19.8 Å². The van der Waals surface area contributed by atoms with Crippen molar-refractivity contribution in [2.45, 2.75) is 32.2 Å². The highest BCUT2D eigenvalue weighted by molar-refractivity contribution is 6.40. The Labute approximate surface area is 162 Å². The molecule has 0 spiro atoms. The summed E-state index contributed by atoms with van der Waals surface area (Å²) in [5.41, 5.74) is 4.90. The summed E-state index contributed by atoms with van der Waals surface area (Å²) in [5.74, 6) is -2.05. The van der Waals surface area contributed by atoms with E-state index in [9.17, 15) is 19.8 Å². The van der Waals surface area contributed by atoms with Gasteiger partial charge in [-0.2, -0.15) is 5.10 Å². The number of carbonyl (C=O) groups is 2. The summed E-state index contributed by atoms with van der Waals surface area (Å²) in [4.78, 5) is 29.1. The van der Waals surface area contributed by atoms with Gasteiger partial charge in [0.1, 0.15) is 0 Å². The zero-order chi connectivity index (χ0) is 20.3. The van der Waals surface area contributed by atoms with Gasteiger partial charge < -0.3 is 10.2 Å². The summed E-state index contributed by atoms with van der Waals surface area (Å²) >= 11 is 0. The molecule has 2 aromatic rings. The number of hydrazone groups is 1. The predicted octanol–water partition coefficient (Wildman–Crippen LogP) is 2.33. The molecule has 3 N–H and O–H groups in total. The first-order valence-electron chi connectivity index (χ1n) is 8.80. The first-order chi connectivity index (χ1) is 13.2. The van der Waals surface area contributed by atoms with Crippen molar-refractivity contribution in [1.29, 1.82) is 0 Å². The van der Waals surface area contributed by atoms with Crippen LogP contribution in [0.1, 0.15) is 37.0 Å². The van der Waals surface area contributed by atoms with Crippen molar-refractivity contribution in [2.24, 2.45) is 10.1 Å². The Kier molecular flexibility index (Phi) is 5.26. The van der Waals surface area contributed by atoms with E-state index in [1.807, 2.05) is 38.1 Å². The summed E-state index contributed by atoms with van der Waals surface area (Å²) in [6.07, 6.45) is 1.93. The van der Waals surface area contributed by atoms with Crippen LogP contribution in [-0.2, 0) is 16.0 Å². The summed E-state index contributed by atoms with van der Waals surface area (Å²) < 4.78 is 0. The number of hydrogen-bond acceptors (Lipinski definition) is 6. The summed E-state index contributed by atoms with van der Waals surface area (Å²) in [6.45, 7) is 3.98. The van der Waals surface area contributed by atoms with Crippen molar-refractivity contribution in [3.05, 3.63) is 59.2 Å². The zero-order valence-electron chi connectivity index (χ0n) is 15.6. The smallest absolute Gasteiger partial charge is 0.307 e. The van der Waals surface area contributed by atoms with Crippen LogP contribution in [0.5, 0.6) is 11.5 Å². The molecule has 1 amide bonds. The van der Waals surface area contributed by atoms with E-state index in [1.54, 1.807) is 0 Å². The molecular formula is C21H21N3O4. The maximum Gasteiger partial charge on any atom is 0.307 e. The fourth-order valence-corrected chi connectivity index (χ4v) is 3.10. The molecule has 3 rings (SSSR count). The van der Waals surface area contributed by atoms with Crippen LogP contribution >= 0.6 is 0 Å². The van der Waals surface area contributed by atoms with Gasteiger partial charge in [-0.1, -0.05) is 24.3 Å². The Morgan fingerprint density at radius 1 is 1.18 bits per heavy atom. The number of hydrogen-bond donors (Lipinski definition) is 3. The van der Waals surface area contributed by atoms with Crippen LogP contribution in [-0.4, -0.2) is 39.4 Å². The number of aliphatic imine (C=N–C) groups is 1. The van der Waals surface area contributed by atoms with E-state index < -0.39 is 11.7 Å². The molecular weight excluding hydrogens is 358 g/mol. The van der Waals surface area contributed by atoms with E-state index >= 15 is 0 Å². The summed E-state index contributed by atoms with van der Waals surface area (Å²) in [5, 5.41) is 22.4. The number of ketones is 1. The van der Waals surface area contributed by atoms with Gasteiger partial charge in [-0.3, -0.25) is 14.6 Å². The largest absolute Gasteiger partial charge is 0.504 e. The number of carbonyl (C=O) groups excluding carboxylic acids is 2. The Morgan fingerprint density at radius 2 is 1.93 bits per heavy atom. The molecule has 7 nitrogen and oxygen atoms in total. The maximum absolute atomic E-state index is 12.3. The van der Waals surface area contributed by atoms with Gasteiger partial charge in [0.05, 0.1) is 23.9 Å². The Hall–Kier alpha value is -3.48. The fraction of sp³-hybridized carbons (Fsp3) is 0.238. The van der Waals surface area contributed by atoms with Crippen LogP contribution in [0.4, 0.5) is 0 Å². The van der Waals surface area contributed by atoms with E-state index in [4.69, 9.17) is 0 Å². The van der Waals surface area contributed by atoms with Crippen molar-refractivity contribution in [3.8, 4) is 11.5 Å². The lowest BCUT2D eigenvalue weighted by Crippen LogP contribution is -2.33. The Balaban J connectivity index is 1.67. The summed E-state index contributed by atoms with van der Waals surface area (Å²) in [6, 6.07) is 11.8. The lowest BCUT2D eigenvalue weighted by atomic mass is 9.85. The molecule has 28 heavy (non-hydrogen) atoms. The Morgan fingerprint density at radius 3 is 2.68 bits per heavy atom. The van der Waals surface area contributed by atoms with Crippen LogP contribution in [0.25, 0.3) is 0 Å². The van der Waals surface area contributed by atoms with Gasteiger partial charge in [-0.25, -0.2) is 5.43 Å². The highest BCUT2D eigenvalue weighted by atomic mass is 16.3. The fourth-order valence-electron chi connectivity index (χ4n) is 3.10. The minimum absolute atomic E-state index is 0.109. The molecule has 0 radical (unpaired) electrons. The number of phenols is 2. The Bertz CT molecular complexity index is 993. The quantitative estimate of drug-likeness (QED) is 0.320. The minimum atomic E-state index is -0.845. The van der Waals surface area contributed by atoms with Crippen molar-refractivity contribution in [1.82, 2.24) is 5.43 Å². The summed E-state index contributed by atoms with van der Waals surface area (Å²) in [7, 11) is 0. The van der Waals surface area contributed by atoms with Gasteiger partial charge in [0, 0.05) is 0 Å². The van der Waals surface area contributed by atoms with Crippen molar-refractivity contribution in [2.75, 3.05) is 0 Å². The third-order valence-electron chi connectivity index (χ3n) is 4.35. The predicted molar refractivity (Wildman–Crippen MR) is 106 cm³/mol. The molecule has 0 saturated carbocycles. The molecule has 0 unspecified atom stereocenters. The molecule has 0 bridgehead atoms. The van der Waals surface area contributed by atoms with Crippen molar-refractivity contribution >= 4 is 23.6 Å². The minimum Gasteiger partial charge on any atom is -0.504 e. The molecule has 0 aliphatic carbocycles. The molecule has 144 valence electrons. The molecule has 0 atom stereocenters. The van der Waals surface area contributed by atoms with E-state index in [2.05, 4.69) is 15.5 Å². The van der Waals surface area contributed by atoms with Crippen LogP contribution in [0.15, 0.2) is 52.6 Å². The van der Waals surface area contributed by atoms with E-state index in [-0.39, 0.29) is 23.5 Å². The van der Waals surface area contributed by atoms with Crippen molar-refractivity contribution in [3.63, 3.8) is 0 Å². The number of Topliss-reactive ketones (excluding diaryl/α,β-unsaturated/α-hetero) is 1. The van der Waals surface area contributed by atoms with Crippen LogP contribution in [0.2, 0.25) is 0 Å². The maximum atomic E-state index is 12.3. The molecule has 0 aromatic heterocycles. The normalized spacial score (nSPS) is 15.0. The SMILES string of the molecule is CC1(C)Cc2ccccc2C(CC(=O)C(=O)N/N=C/c2ccc(O)c(O)c2)=N1. The van der Waals surface area contributed by atoms with Gasteiger partial charge in [0.2, 0.25) is 5.78 Å². The average Bonchev–Trinajstić information content (AvgIpc) is 2.63. The highest BCUT2D eigenvalue weighted by Gasteiger charge is 2.28. The van der Waals surface area contributed by atoms with E-state index in [0.717, 1.165) is 17.5 Å². The number of fused-ring (bicyclic) bond motifs is 1. The second kappa shape index (κ2) is 7.64. The molecule has 1 heterocycles. The van der Waals surface area contributed by atoms with Gasteiger partial charge in [-0.05, 0) is 55.2 Å². The zero-order valence-corrected chi connectivity index (χ0v) is 15.6. The molecule has 7 heteroatoms. The number of nitrogens with zero attached hydrogens (tertiary/aromatic N) is 2. The van der Waals surface area contributed by atoms with Gasteiger partial charge >= 0.3 is 5.91 Å². The topological polar surface area (TPSA) is 111 Å². The van der Waals surface area contributed by atoms with Crippen LogP contribution in [0.3, 0.4) is 0 Å². The molecule has 1 aliphatic rings. The van der Waals surface area contributed by atoms with E-state index in [1.165, 1.54) is 24.4 Å². The number of aromatic hydroxyl groups is 2.